The third-order valence-corrected chi connectivity index (χ3v) is 4.57. The van der Waals surface area contributed by atoms with Crippen LogP contribution >= 0.6 is 11.3 Å². The molecule has 0 radical (unpaired) electrons. The highest BCUT2D eigenvalue weighted by Crippen LogP contribution is 2.22. The lowest BCUT2D eigenvalue weighted by Gasteiger charge is -2.11. The van der Waals surface area contributed by atoms with Gasteiger partial charge in [0.15, 0.2) is 11.7 Å². The number of amides is 1. The van der Waals surface area contributed by atoms with Gasteiger partial charge in [0.1, 0.15) is 5.71 Å². The molecule has 130 valence electrons. The summed E-state index contributed by atoms with van der Waals surface area (Å²) in [5, 5.41) is 6.29. The number of thiazole rings is 1. The fourth-order valence-corrected chi connectivity index (χ4v) is 3.33. The van der Waals surface area contributed by atoms with Crippen LogP contribution in [-0.4, -0.2) is 39.5 Å². The fourth-order valence-electron chi connectivity index (χ4n) is 2.58. The number of Topliss-reactive ketones (excluding diaryl/α,β-unsaturated/α-hetero) is 1. The second-order valence-corrected chi connectivity index (χ2v) is 6.40. The van der Waals surface area contributed by atoms with Gasteiger partial charge in [0.25, 0.3) is 0 Å². The predicted molar refractivity (Wildman–Crippen MR) is 91.0 cm³/mol. The number of nitrogens with zero attached hydrogens (tertiary/aromatic N) is 3. The smallest absolute Gasteiger partial charge is 0.354 e. The molecule has 9 heteroatoms. The molecule has 0 bridgehead atoms. The Morgan fingerprint density at radius 2 is 2.16 bits per heavy atom. The van der Waals surface area contributed by atoms with Crippen molar-refractivity contribution in [2.24, 2.45) is 5.10 Å². The Hall–Kier alpha value is -2.81. The van der Waals surface area contributed by atoms with Gasteiger partial charge in [-0.1, -0.05) is 0 Å². The highest BCUT2D eigenvalue weighted by molar-refractivity contribution is 7.12. The van der Waals surface area contributed by atoms with Crippen LogP contribution in [0.1, 0.15) is 34.6 Å². The number of hydrazone groups is 1. The zero-order valence-corrected chi connectivity index (χ0v) is 14.6. The molecular formula is C16H16N4O4S. The van der Waals surface area contributed by atoms with Crippen LogP contribution in [0, 0.1) is 13.8 Å². The second-order valence-electron chi connectivity index (χ2n) is 5.53. The zero-order chi connectivity index (χ0) is 18.0. The summed E-state index contributed by atoms with van der Waals surface area (Å²) >= 11 is 1.47. The van der Waals surface area contributed by atoms with E-state index in [1.54, 1.807) is 12.3 Å². The zero-order valence-electron chi connectivity index (χ0n) is 13.7. The van der Waals surface area contributed by atoms with E-state index in [4.69, 9.17) is 4.74 Å². The number of carbonyl (C=O) groups excluding carboxylic acids is 3. The van der Waals surface area contributed by atoms with Crippen LogP contribution in [0.3, 0.4) is 0 Å². The van der Waals surface area contributed by atoms with E-state index in [9.17, 15) is 14.4 Å². The first-order valence-corrected chi connectivity index (χ1v) is 8.50. The summed E-state index contributed by atoms with van der Waals surface area (Å²) in [7, 11) is 0. The number of nitrogens with one attached hydrogen (secondary N) is 1. The van der Waals surface area contributed by atoms with Crippen LogP contribution in [0.15, 0.2) is 22.7 Å². The first-order chi connectivity index (χ1) is 12.0. The average molecular weight is 360 g/mol. The summed E-state index contributed by atoms with van der Waals surface area (Å²) in [5.74, 6) is -1.24. The lowest BCUT2D eigenvalue weighted by molar-refractivity contribution is -0.134. The van der Waals surface area contributed by atoms with Gasteiger partial charge in [-0.25, -0.2) is 15.2 Å². The number of esters is 1. The molecule has 0 saturated carbocycles. The largest absolute Gasteiger partial charge is 0.453 e. The molecule has 0 spiro atoms. The summed E-state index contributed by atoms with van der Waals surface area (Å²) in [6, 6.07) is 1.76. The summed E-state index contributed by atoms with van der Waals surface area (Å²) < 4.78 is 6.92. The minimum Gasteiger partial charge on any atom is -0.453 e. The van der Waals surface area contributed by atoms with Gasteiger partial charge < -0.3 is 4.74 Å². The van der Waals surface area contributed by atoms with E-state index in [-0.39, 0.29) is 36.9 Å². The Labute approximate surface area is 147 Å². The molecule has 0 aliphatic carbocycles. The van der Waals surface area contributed by atoms with E-state index < -0.39 is 5.97 Å². The van der Waals surface area contributed by atoms with Gasteiger partial charge in [-0.05, 0) is 19.9 Å². The number of hydrogen-bond acceptors (Lipinski definition) is 7. The van der Waals surface area contributed by atoms with Crippen LogP contribution in [0.4, 0.5) is 0 Å². The van der Waals surface area contributed by atoms with Crippen LogP contribution < -0.4 is 5.43 Å². The maximum absolute atomic E-state index is 12.4. The van der Waals surface area contributed by atoms with Crippen LogP contribution in [0.25, 0.3) is 5.13 Å². The molecule has 0 atom stereocenters. The van der Waals surface area contributed by atoms with Crippen molar-refractivity contribution in [3.05, 3.63) is 34.6 Å². The minimum absolute atomic E-state index is 0.112. The number of ether oxygens (including phenoxy) is 1. The lowest BCUT2D eigenvalue weighted by Crippen LogP contribution is -2.31. The number of carbonyl (C=O) groups is 3. The third kappa shape index (κ3) is 3.50. The van der Waals surface area contributed by atoms with E-state index in [0.717, 1.165) is 16.5 Å². The van der Waals surface area contributed by atoms with E-state index in [2.05, 4.69) is 15.5 Å². The van der Waals surface area contributed by atoms with E-state index in [0.29, 0.717) is 5.56 Å². The van der Waals surface area contributed by atoms with E-state index in [1.807, 2.05) is 23.8 Å². The van der Waals surface area contributed by atoms with E-state index in [1.165, 1.54) is 11.3 Å². The number of ketones is 1. The first kappa shape index (κ1) is 17.0. The predicted octanol–water partition coefficient (Wildman–Crippen LogP) is 1.54. The molecule has 8 nitrogen and oxygen atoms in total. The molecule has 25 heavy (non-hydrogen) atoms. The van der Waals surface area contributed by atoms with Crippen LogP contribution in [0.2, 0.25) is 0 Å². The Morgan fingerprint density at radius 3 is 2.80 bits per heavy atom. The summed E-state index contributed by atoms with van der Waals surface area (Å²) in [6.45, 7) is 3.33. The SMILES string of the molecule is Cc1cc(C(=O)COC(=O)C2=NNC(=O)CC2)c(C)n1-c1nccs1. The molecule has 3 rings (SSSR count). The van der Waals surface area contributed by atoms with Crippen molar-refractivity contribution in [3.63, 3.8) is 0 Å². The van der Waals surface area contributed by atoms with Crippen molar-refractivity contribution in [2.75, 3.05) is 6.61 Å². The molecule has 1 amide bonds. The molecule has 0 aromatic carbocycles. The lowest BCUT2D eigenvalue weighted by atomic mass is 10.1. The van der Waals surface area contributed by atoms with Crippen molar-refractivity contribution in [1.29, 1.82) is 0 Å². The Morgan fingerprint density at radius 1 is 1.36 bits per heavy atom. The summed E-state index contributed by atoms with van der Waals surface area (Å²) in [4.78, 5) is 39.6. The molecule has 1 aliphatic heterocycles. The maximum atomic E-state index is 12.4. The normalized spacial score (nSPS) is 14.0. The molecule has 3 heterocycles. The Bertz CT molecular complexity index is 867. The molecule has 0 saturated heterocycles. The summed E-state index contributed by atoms with van der Waals surface area (Å²) in [5.41, 5.74) is 4.44. The van der Waals surface area contributed by atoms with Gasteiger partial charge in [0.2, 0.25) is 11.7 Å². The molecule has 0 fully saturated rings. The highest BCUT2D eigenvalue weighted by Gasteiger charge is 2.22. The minimum atomic E-state index is -0.693. The van der Waals surface area contributed by atoms with Crippen molar-refractivity contribution in [2.45, 2.75) is 26.7 Å². The van der Waals surface area contributed by atoms with Crippen molar-refractivity contribution in [3.8, 4) is 5.13 Å². The monoisotopic (exact) mass is 360 g/mol. The van der Waals surface area contributed by atoms with E-state index >= 15 is 0 Å². The quantitative estimate of drug-likeness (QED) is 0.644. The second kappa shape index (κ2) is 6.98. The Balaban J connectivity index is 1.69. The molecular weight excluding hydrogens is 344 g/mol. The van der Waals surface area contributed by atoms with Gasteiger partial charge in [-0.3, -0.25) is 14.2 Å². The third-order valence-electron chi connectivity index (χ3n) is 3.82. The maximum Gasteiger partial charge on any atom is 0.354 e. The fraction of sp³-hybridized carbons (Fsp3) is 0.312. The molecule has 2 aromatic rings. The van der Waals surface area contributed by atoms with Gasteiger partial charge in [0, 0.05) is 41.4 Å². The number of aromatic nitrogens is 2. The number of hydrogen-bond donors (Lipinski definition) is 1. The van der Waals surface area contributed by atoms with Crippen molar-refractivity contribution >= 4 is 34.7 Å². The number of aryl methyl sites for hydroxylation is 1. The van der Waals surface area contributed by atoms with Gasteiger partial charge in [-0.15, -0.1) is 11.3 Å². The number of rotatable bonds is 5. The molecule has 1 N–H and O–H groups in total. The van der Waals surface area contributed by atoms with Gasteiger partial charge >= 0.3 is 5.97 Å². The average Bonchev–Trinajstić information content (AvgIpc) is 3.21. The van der Waals surface area contributed by atoms with Crippen molar-refractivity contribution in [1.82, 2.24) is 15.0 Å². The van der Waals surface area contributed by atoms with Gasteiger partial charge in [0.05, 0.1) is 0 Å². The molecule has 1 aliphatic rings. The van der Waals surface area contributed by atoms with Gasteiger partial charge in [-0.2, -0.15) is 5.10 Å². The van der Waals surface area contributed by atoms with Crippen LogP contribution in [0.5, 0.6) is 0 Å². The summed E-state index contributed by atoms with van der Waals surface area (Å²) in [6.07, 6.45) is 2.08. The Kier molecular flexibility index (Phi) is 4.75. The highest BCUT2D eigenvalue weighted by atomic mass is 32.1. The standard InChI is InChI=1S/C16H16N4O4S/c1-9-7-11(10(2)20(9)16-17-5-6-25-16)13(21)8-24-15(23)12-3-4-14(22)19-18-12/h5-7H,3-4,8H2,1-2H3,(H,19,22). The first-order valence-electron chi connectivity index (χ1n) is 7.62. The molecule has 0 unspecified atom stereocenters. The van der Waals surface area contributed by atoms with Crippen LogP contribution in [-0.2, 0) is 14.3 Å². The van der Waals surface area contributed by atoms with Crippen molar-refractivity contribution < 1.29 is 19.1 Å². The molecule has 2 aromatic heterocycles. The topological polar surface area (TPSA) is 103 Å².